The summed E-state index contributed by atoms with van der Waals surface area (Å²) >= 11 is 0. The molecular weight excluding hydrogens is 316 g/mol. The Bertz CT molecular complexity index is 995. The molecule has 120 valence electrons. The van der Waals surface area contributed by atoms with Gasteiger partial charge in [0, 0.05) is 5.39 Å². The van der Waals surface area contributed by atoms with E-state index in [1.165, 1.54) is 4.68 Å². The van der Waals surface area contributed by atoms with Crippen molar-refractivity contribution in [3.63, 3.8) is 0 Å². The Morgan fingerprint density at radius 1 is 1.08 bits per heavy atom. The molecule has 0 spiro atoms. The van der Waals surface area contributed by atoms with Crippen molar-refractivity contribution >= 4 is 10.9 Å². The molecule has 4 aromatic rings. The van der Waals surface area contributed by atoms with Crippen LogP contribution in [0.15, 0.2) is 53.4 Å². The summed E-state index contributed by atoms with van der Waals surface area (Å²) in [5.41, 5.74) is 2.20. The van der Waals surface area contributed by atoms with E-state index in [1.807, 2.05) is 36.4 Å². The lowest BCUT2D eigenvalue weighted by atomic mass is 10.2. The van der Waals surface area contributed by atoms with E-state index in [4.69, 9.17) is 4.42 Å². The first-order valence-electron chi connectivity index (χ1n) is 7.17. The molecule has 24 heavy (non-hydrogen) atoms. The summed E-state index contributed by atoms with van der Waals surface area (Å²) in [5.74, 6) is -0.448. The van der Waals surface area contributed by atoms with Gasteiger partial charge in [-0.1, -0.05) is 29.5 Å². The fourth-order valence-corrected chi connectivity index (χ4v) is 2.43. The first kappa shape index (κ1) is 14.4. The van der Waals surface area contributed by atoms with Gasteiger partial charge in [-0.05, 0) is 12.1 Å². The molecule has 0 saturated carbocycles. The second-order valence-electron chi connectivity index (χ2n) is 5.15. The summed E-state index contributed by atoms with van der Waals surface area (Å²) in [6.45, 7) is 0.0523. The second kappa shape index (κ2) is 5.80. The monoisotopic (exact) mass is 327 g/mol. The summed E-state index contributed by atoms with van der Waals surface area (Å²) in [7, 11) is 0. The maximum atomic E-state index is 12.8. The maximum Gasteiger partial charge on any atom is 0.297 e. The van der Waals surface area contributed by atoms with Crippen LogP contribution in [0.5, 0.6) is 0 Å². The Morgan fingerprint density at radius 2 is 1.96 bits per heavy atom. The third-order valence-corrected chi connectivity index (χ3v) is 3.58. The van der Waals surface area contributed by atoms with Crippen LogP contribution in [0.1, 0.15) is 17.9 Å². The van der Waals surface area contributed by atoms with E-state index in [9.17, 15) is 8.78 Å². The zero-order valence-electron chi connectivity index (χ0n) is 12.3. The summed E-state index contributed by atoms with van der Waals surface area (Å²) in [5, 5.41) is 9.03. The van der Waals surface area contributed by atoms with E-state index >= 15 is 0 Å². The summed E-state index contributed by atoms with van der Waals surface area (Å²) in [6, 6.07) is 11.5. The molecular formula is C16H11F2N5O. The predicted octanol–water partition coefficient (Wildman–Crippen LogP) is 3.47. The van der Waals surface area contributed by atoms with Gasteiger partial charge in [0.1, 0.15) is 11.4 Å². The van der Waals surface area contributed by atoms with Gasteiger partial charge in [-0.2, -0.15) is 0 Å². The van der Waals surface area contributed by atoms with Crippen LogP contribution >= 0.6 is 0 Å². The first-order valence-corrected chi connectivity index (χ1v) is 7.17. The van der Waals surface area contributed by atoms with Crippen molar-refractivity contribution in [2.24, 2.45) is 0 Å². The van der Waals surface area contributed by atoms with Crippen molar-refractivity contribution in [2.75, 3.05) is 0 Å². The molecule has 0 atom stereocenters. The van der Waals surface area contributed by atoms with Gasteiger partial charge >= 0.3 is 0 Å². The lowest BCUT2D eigenvalue weighted by Crippen LogP contribution is -2.03. The molecule has 0 saturated heterocycles. The number of hydrogen-bond donors (Lipinski definition) is 0. The SMILES string of the molecule is FC(F)c1ocnc1Cn1cc(-c2ccc3ccccc3n2)nn1. The average molecular weight is 327 g/mol. The molecule has 0 radical (unpaired) electrons. The third kappa shape index (κ3) is 2.62. The van der Waals surface area contributed by atoms with Crippen molar-refractivity contribution in [1.82, 2.24) is 25.0 Å². The Morgan fingerprint density at radius 3 is 2.83 bits per heavy atom. The number of halogens is 2. The summed E-state index contributed by atoms with van der Waals surface area (Å²) < 4.78 is 31.7. The minimum Gasteiger partial charge on any atom is -0.442 e. The molecule has 8 heteroatoms. The Hall–Kier alpha value is -3.16. The Balaban J connectivity index is 1.63. The molecule has 0 amide bonds. The highest BCUT2D eigenvalue weighted by Crippen LogP contribution is 2.23. The molecule has 3 heterocycles. The standard InChI is InChI=1S/C16H11F2N5O/c17-16(18)15-14(19-9-24-15)8-23-7-13(21-22-23)12-6-5-10-3-1-2-4-11(10)20-12/h1-7,9,16H,8H2. The third-order valence-electron chi connectivity index (χ3n) is 3.58. The highest BCUT2D eigenvalue weighted by atomic mass is 19.3. The van der Waals surface area contributed by atoms with E-state index in [2.05, 4.69) is 20.3 Å². The van der Waals surface area contributed by atoms with E-state index in [-0.39, 0.29) is 12.2 Å². The quantitative estimate of drug-likeness (QED) is 0.574. The van der Waals surface area contributed by atoms with Crippen LogP contribution in [0.4, 0.5) is 8.78 Å². The van der Waals surface area contributed by atoms with Crippen LogP contribution in [0.2, 0.25) is 0 Å². The maximum absolute atomic E-state index is 12.8. The number of benzene rings is 1. The molecule has 0 fully saturated rings. The molecule has 6 nitrogen and oxygen atoms in total. The zero-order chi connectivity index (χ0) is 16.5. The van der Waals surface area contributed by atoms with Crippen LogP contribution in [0, 0.1) is 0 Å². The van der Waals surface area contributed by atoms with E-state index in [0.717, 1.165) is 17.3 Å². The number of fused-ring (bicyclic) bond motifs is 1. The number of nitrogens with zero attached hydrogens (tertiary/aromatic N) is 5. The Kier molecular flexibility index (Phi) is 3.49. The number of rotatable bonds is 4. The van der Waals surface area contributed by atoms with E-state index < -0.39 is 12.2 Å². The summed E-state index contributed by atoms with van der Waals surface area (Å²) in [4.78, 5) is 8.34. The van der Waals surface area contributed by atoms with Crippen LogP contribution in [-0.4, -0.2) is 25.0 Å². The number of hydrogen-bond acceptors (Lipinski definition) is 5. The van der Waals surface area contributed by atoms with Gasteiger partial charge in [0.15, 0.2) is 12.2 Å². The lowest BCUT2D eigenvalue weighted by molar-refractivity contribution is 0.120. The van der Waals surface area contributed by atoms with E-state index in [1.54, 1.807) is 6.20 Å². The lowest BCUT2D eigenvalue weighted by Gasteiger charge is -2.00. The molecule has 0 N–H and O–H groups in total. The van der Waals surface area contributed by atoms with Crippen molar-refractivity contribution in [2.45, 2.75) is 13.0 Å². The Labute approximate surface area is 134 Å². The van der Waals surface area contributed by atoms with Crippen LogP contribution in [-0.2, 0) is 6.54 Å². The van der Waals surface area contributed by atoms with Gasteiger partial charge in [-0.3, -0.25) is 0 Å². The van der Waals surface area contributed by atoms with Gasteiger partial charge in [-0.25, -0.2) is 23.4 Å². The van der Waals surface area contributed by atoms with Crippen LogP contribution in [0.3, 0.4) is 0 Å². The number of para-hydroxylation sites is 1. The van der Waals surface area contributed by atoms with Crippen molar-refractivity contribution in [3.8, 4) is 11.4 Å². The van der Waals surface area contributed by atoms with Crippen molar-refractivity contribution in [1.29, 1.82) is 0 Å². The van der Waals surface area contributed by atoms with Gasteiger partial charge in [-0.15, -0.1) is 5.10 Å². The molecule has 0 bridgehead atoms. The normalized spacial score (nSPS) is 11.5. The predicted molar refractivity (Wildman–Crippen MR) is 81.3 cm³/mol. The van der Waals surface area contributed by atoms with Crippen molar-refractivity contribution in [3.05, 3.63) is 60.4 Å². The molecule has 0 aliphatic heterocycles. The van der Waals surface area contributed by atoms with Crippen LogP contribution in [0.25, 0.3) is 22.3 Å². The zero-order valence-corrected chi connectivity index (χ0v) is 12.3. The molecule has 0 aliphatic rings. The molecule has 4 rings (SSSR count). The highest BCUT2D eigenvalue weighted by molar-refractivity contribution is 5.80. The topological polar surface area (TPSA) is 69.6 Å². The van der Waals surface area contributed by atoms with Gasteiger partial charge in [0.05, 0.1) is 24.0 Å². The van der Waals surface area contributed by atoms with Crippen molar-refractivity contribution < 1.29 is 13.2 Å². The molecule has 1 aromatic carbocycles. The summed E-state index contributed by atoms with van der Waals surface area (Å²) in [6.07, 6.45) is -0.0757. The molecule has 0 unspecified atom stereocenters. The first-order chi connectivity index (χ1) is 11.7. The van der Waals surface area contributed by atoms with Gasteiger partial charge < -0.3 is 4.42 Å². The largest absolute Gasteiger partial charge is 0.442 e. The molecule has 0 aliphatic carbocycles. The highest BCUT2D eigenvalue weighted by Gasteiger charge is 2.19. The number of alkyl halides is 2. The van der Waals surface area contributed by atoms with Gasteiger partial charge in [0.2, 0.25) is 0 Å². The number of oxazole rings is 1. The fourth-order valence-electron chi connectivity index (χ4n) is 2.43. The minimum absolute atomic E-state index is 0.0523. The number of pyridine rings is 1. The number of aromatic nitrogens is 5. The average Bonchev–Trinajstić information content (AvgIpc) is 3.24. The fraction of sp³-hybridized carbons (Fsp3) is 0.125. The van der Waals surface area contributed by atoms with Crippen LogP contribution < -0.4 is 0 Å². The smallest absolute Gasteiger partial charge is 0.297 e. The molecule has 3 aromatic heterocycles. The van der Waals surface area contributed by atoms with Gasteiger partial charge in [0.25, 0.3) is 6.43 Å². The minimum atomic E-state index is -2.72. The van der Waals surface area contributed by atoms with E-state index in [0.29, 0.717) is 11.4 Å². The second-order valence-corrected chi connectivity index (χ2v) is 5.15.